The minimum Gasteiger partial charge on any atom is -0.493 e. The molecular weight excluding hydrogens is 272 g/mol. The third kappa shape index (κ3) is 3.20. The Balaban J connectivity index is 2.39. The predicted molar refractivity (Wildman–Crippen MR) is 76.3 cm³/mol. The fourth-order valence-electron chi connectivity index (χ4n) is 1.79. The van der Waals surface area contributed by atoms with Crippen LogP contribution in [0.1, 0.15) is 20.7 Å². The van der Waals surface area contributed by atoms with Gasteiger partial charge in [0.05, 0.1) is 19.8 Å². The highest BCUT2D eigenvalue weighted by atomic mass is 16.6. The van der Waals surface area contributed by atoms with Crippen molar-refractivity contribution in [3.8, 4) is 17.2 Å². The van der Waals surface area contributed by atoms with Gasteiger partial charge in [-0.25, -0.2) is 4.79 Å². The van der Waals surface area contributed by atoms with Gasteiger partial charge in [0, 0.05) is 5.56 Å². The van der Waals surface area contributed by atoms with Crippen molar-refractivity contribution in [2.24, 2.45) is 0 Å². The van der Waals surface area contributed by atoms with Crippen LogP contribution in [0.3, 0.4) is 0 Å². The van der Waals surface area contributed by atoms with E-state index in [0.717, 1.165) is 0 Å². The van der Waals surface area contributed by atoms with Crippen LogP contribution in [-0.2, 0) is 0 Å². The topological polar surface area (TPSA) is 61.8 Å². The predicted octanol–water partition coefficient (Wildman–Crippen LogP) is 2.74. The first-order valence-corrected chi connectivity index (χ1v) is 6.18. The fourth-order valence-corrected chi connectivity index (χ4v) is 1.79. The zero-order valence-electron chi connectivity index (χ0n) is 11.7. The second-order valence-electron chi connectivity index (χ2n) is 4.13. The Morgan fingerprint density at radius 2 is 1.57 bits per heavy atom. The number of hydrogen-bond donors (Lipinski definition) is 0. The molecule has 2 aromatic rings. The maximum atomic E-state index is 12.1. The summed E-state index contributed by atoms with van der Waals surface area (Å²) >= 11 is 0. The van der Waals surface area contributed by atoms with Gasteiger partial charge in [-0.3, -0.25) is 4.79 Å². The van der Waals surface area contributed by atoms with Crippen molar-refractivity contribution in [1.82, 2.24) is 0 Å². The van der Waals surface area contributed by atoms with Crippen LogP contribution in [0.2, 0.25) is 0 Å². The summed E-state index contributed by atoms with van der Waals surface area (Å²) in [6, 6.07) is 11.5. The highest BCUT2D eigenvalue weighted by Crippen LogP contribution is 2.38. The summed E-state index contributed by atoms with van der Waals surface area (Å²) in [6.45, 7) is 0. The lowest BCUT2D eigenvalue weighted by Gasteiger charge is -2.13. The molecule has 0 amide bonds. The molecule has 21 heavy (non-hydrogen) atoms. The van der Waals surface area contributed by atoms with Crippen LogP contribution in [0.4, 0.5) is 0 Å². The number of benzene rings is 2. The van der Waals surface area contributed by atoms with E-state index in [1.165, 1.54) is 26.4 Å². The lowest BCUT2D eigenvalue weighted by molar-refractivity contribution is 0.0724. The second-order valence-corrected chi connectivity index (χ2v) is 4.13. The third-order valence-corrected chi connectivity index (χ3v) is 2.82. The molecule has 108 valence electrons. The Morgan fingerprint density at radius 3 is 2.05 bits per heavy atom. The average Bonchev–Trinajstić information content (AvgIpc) is 2.55. The maximum Gasteiger partial charge on any atom is 0.343 e. The Hall–Kier alpha value is -2.82. The Kier molecular flexibility index (Phi) is 4.56. The van der Waals surface area contributed by atoms with Crippen LogP contribution in [-0.4, -0.2) is 26.5 Å². The maximum absolute atomic E-state index is 12.1. The van der Waals surface area contributed by atoms with E-state index in [4.69, 9.17) is 14.2 Å². The van der Waals surface area contributed by atoms with E-state index < -0.39 is 5.97 Å². The van der Waals surface area contributed by atoms with Gasteiger partial charge >= 0.3 is 5.97 Å². The Bertz CT molecular complexity index is 624. The number of rotatable bonds is 5. The number of aldehydes is 1. The van der Waals surface area contributed by atoms with Gasteiger partial charge in [0.2, 0.25) is 5.75 Å². The standard InChI is InChI=1S/C16H14O5/c1-19-13-8-11(10-17)9-14(20-2)15(13)21-16(18)12-6-4-3-5-7-12/h3-10H,1-2H3. The van der Waals surface area contributed by atoms with E-state index in [1.807, 2.05) is 0 Å². The lowest BCUT2D eigenvalue weighted by atomic mass is 10.2. The minimum atomic E-state index is -0.536. The molecule has 0 saturated heterocycles. The number of hydrogen-bond acceptors (Lipinski definition) is 5. The van der Waals surface area contributed by atoms with Gasteiger partial charge < -0.3 is 14.2 Å². The molecule has 0 aliphatic rings. The summed E-state index contributed by atoms with van der Waals surface area (Å²) in [7, 11) is 2.84. The smallest absolute Gasteiger partial charge is 0.343 e. The van der Waals surface area contributed by atoms with Crippen molar-refractivity contribution >= 4 is 12.3 Å². The summed E-state index contributed by atoms with van der Waals surface area (Å²) in [4.78, 5) is 23.0. The van der Waals surface area contributed by atoms with Gasteiger partial charge in [-0.1, -0.05) is 18.2 Å². The highest BCUT2D eigenvalue weighted by molar-refractivity contribution is 5.92. The van der Waals surface area contributed by atoms with Crippen molar-refractivity contribution < 1.29 is 23.8 Å². The molecule has 2 rings (SSSR count). The quantitative estimate of drug-likeness (QED) is 0.480. The van der Waals surface area contributed by atoms with E-state index in [1.54, 1.807) is 30.3 Å². The summed E-state index contributed by atoms with van der Waals surface area (Å²) in [5.74, 6) is 0.104. The van der Waals surface area contributed by atoms with E-state index in [0.29, 0.717) is 17.4 Å². The first kappa shape index (κ1) is 14.6. The van der Waals surface area contributed by atoms with Crippen LogP contribution in [0.5, 0.6) is 17.2 Å². The van der Waals surface area contributed by atoms with E-state index >= 15 is 0 Å². The van der Waals surface area contributed by atoms with E-state index in [9.17, 15) is 9.59 Å². The third-order valence-electron chi connectivity index (χ3n) is 2.82. The molecular formula is C16H14O5. The number of methoxy groups -OCH3 is 2. The molecule has 5 heteroatoms. The van der Waals surface area contributed by atoms with Gasteiger partial charge in [0.15, 0.2) is 11.5 Å². The zero-order chi connectivity index (χ0) is 15.2. The summed E-state index contributed by atoms with van der Waals surface area (Å²) < 4.78 is 15.6. The molecule has 0 heterocycles. The van der Waals surface area contributed by atoms with Crippen molar-refractivity contribution in [2.45, 2.75) is 0 Å². The Labute approximate surface area is 122 Å². The number of ether oxygens (including phenoxy) is 3. The molecule has 0 aliphatic heterocycles. The van der Waals surface area contributed by atoms with Gasteiger partial charge in [0.25, 0.3) is 0 Å². The number of carbonyl (C=O) groups is 2. The van der Waals surface area contributed by atoms with Gasteiger partial charge in [-0.15, -0.1) is 0 Å². The molecule has 0 fully saturated rings. The second kappa shape index (κ2) is 6.56. The minimum absolute atomic E-state index is 0.138. The van der Waals surface area contributed by atoms with Crippen LogP contribution in [0.15, 0.2) is 42.5 Å². The normalized spacial score (nSPS) is 9.81. The van der Waals surface area contributed by atoms with Gasteiger partial charge in [0.1, 0.15) is 6.29 Å². The van der Waals surface area contributed by atoms with Crippen molar-refractivity contribution in [1.29, 1.82) is 0 Å². The van der Waals surface area contributed by atoms with Crippen molar-refractivity contribution in [3.63, 3.8) is 0 Å². The highest BCUT2D eigenvalue weighted by Gasteiger charge is 2.18. The fraction of sp³-hybridized carbons (Fsp3) is 0.125. The molecule has 0 spiro atoms. The monoisotopic (exact) mass is 286 g/mol. The van der Waals surface area contributed by atoms with Crippen LogP contribution in [0, 0.1) is 0 Å². The first-order valence-electron chi connectivity index (χ1n) is 6.18. The van der Waals surface area contributed by atoms with Crippen molar-refractivity contribution in [3.05, 3.63) is 53.6 Å². The molecule has 0 N–H and O–H groups in total. The molecule has 0 aromatic heterocycles. The molecule has 0 bridgehead atoms. The lowest BCUT2D eigenvalue weighted by Crippen LogP contribution is -2.10. The zero-order valence-corrected chi connectivity index (χ0v) is 11.7. The number of carbonyl (C=O) groups excluding carboxylic acids is 2. The van der Waals surface area contributed by atoms with Crippen molar-refractivity contribution in [2.75, 3.05) is 14.2 Å². The van der Waals surface area contributed by atoms with E-state index in [2.05, 4.69) is 0 Å². The summed E-state index contributed by atoms with van der Waals surface area (Å²) in [6.07, 6.45) is 0.661. The van der Waals surface area contributed by atoms with E-state index in [-0.39, 0.29) is 17.2 Å². The molecule has 0 unspecified atom stereocenters. The summed E-state index contributed by atoms with van der Waals surface area (Å²) in [5.41, 5.74) is 0.768. The summed E-state index contributed by atoms with van der Waals surface area (Å²) in [5, 5.41) is 0. The Morgan fingerprint density at radius 1 is 1.00 bits per heavy atom. The number of esters is 1. The van der Waals surface area contributed by atoms with Gasteiger partial charge in [-0.05, 0) is 24.3 Å². The first-order chi connectivity index (χ1) is 10.2. The van der Waals surface area contributed by atoms with Crippen LogP contribution < -0.4 is 14.2 Å². The molecule has 0 aliphatic carbocycles. The average molecular weight is 286 g/mol. The molecule has 0 saturated carbocycles. The van der Waals surface area contributed by atoms with Crippen LogP contribution >= 0.6 is 0 Å². The SMILES string of the molecule is COc1cc(C=O)cc(OC)c1OC(=O)c1ccccc1. The molecule has 0 atom stereocenters. The molecule has 5 nitrogen and oxygen atoms in total. The molecule has 0 radical (unpaired) electrons. The van der Waals surface area contributed by atoms with Gasteiger partial charge in [-0.2, -0.15) is 0 Å². The van der Waals surface area contributed by atoms with Crippen LogP contribution in [0.25, 0.3) is 0 Å². The molecule has 2 aromatic carbocycles. The largest absolute Gasteiger partial charge is 0.493 e.